The largest absolute Gasteiger partial charge is 0.463 e. The Morgan fingerprint density at radius 3 is 2.56 bits per heavy atom. The Labute approximate surface area is 106 Å². The van der Waals surface area contributed by atoms with Gasteiger partial charge >= 0.3 is 5.97 Å². The molecule has 2 saturated heterocycles. The van der Waals surface area contributed by atoms with Crippen LogP contribution >= 0.6 is 0 Å². The van der Waals surface area contributed by atoms with Crippen molar-refractivity contribution in [3.05, 3.63) is 0 Å². The molecule has 104 valence electrons. The van der Waals surface area contributed by atoms with Crippen LogP contribution in [0.2, 0.25) is 0 Å². The molecule has 2 fully saturated rings. The molecule has 2 aliphatic rings. The molecule has 0 radical (unpaired) electrons. The fourth-order valence-corrected chi connectivity index (χ4v) is 2.12. The van der Waals surface area contributed by atoms with Crippen molar-refractivity contribution in [1.82, 2.24) is 0 Å². The molecule has 18 heavy (non-hydrogen) atoms. The zero-order valence-electron chi connectivity index (χ0n) is 11.1. The number of hydrogen-bond acceptors (Lipinski definition) is 6. The normalized spacial score (nSPS) is 37.9. The van der Waals surface area contributed by atoms with E-state index < -0.39 is 30.4 Å². The smallest absolute Gasteiger partial charge is 0.308 e. The van der Waals surface area contributed by atoms with E-state index in [0.717, 1.165) is 0 Å². The van der Waals surface area contributed by atoms with Crippen molar-refractivity contribution >= 4 is 5.97 Å². The van der Waals surface area contributed by atoms with Crippen LogP contribution in [0.4, 0.5) is 0 Å². The highest BCUT2D eigenvalue weighted by Crippen LogP contribution is 2.37. The van der Waals surface area contributed by atoms with Gasteiger partial charge < -0.3 is 24.1 Å². The molecule has 0 spiro atoms. The fraction of sp³-hybridized carbons (Fsp3) is 0.917. The number of esters is 1. The van der Waals surface area contributed by atoms with Crippen LogP contribution in [0.3, 0.4) is 0 Å². The lowest BCUT2D eigenvalue weighted by Crippen LogP contribution is -2.34. The van der Waals surface area contributed by atoms with Gasteiger partial charge in [-0.15, -0.1) is 0 Å². The molecule has 0 bridgehead atoms. The summed E-state index contributed by atoms with van der Waals surface area (Å²) in [5.74, 6) is -1.24. The highest BCUT2D eigenvalue weighted by molar-refractivity contribution is 5.71. The number of aliphatic hydroxyl groups excluding tert-OH is 1. The third-order valence-electron chi connectivity index (χ3n) is 2.99. The second-order valence-corrected chi connectivity index (χ2v) is 5.41. The molecule has 2 heterocycles. The van der Waals surface area contributed by atoms with E-state index >= 15 is 0 Å². The third kappa shape index (κ3) is 2.66. The Morgan fingerprint density at radius 2 is 1.94 bits per heavy atom. The number of hydrogen-bond donors (Lipinski definition) is 1. The Morgan fingerprint density at radius 1 is 1.33 bits per heavy atom. The zero-order chi connectivity index (χ0) is 13.5. The van der Waals surface area contributed by atoms with E-state index in [2.05, 4.69) is 0 Å². The highest BCUT2D eigenvalue weighted by Gasteiger charge is 2.55. The Kier molecular flexibility index (Phi) is 3.64. The van der Waals surface area contributed by atoms with E-state index in [4.69, 9.17) is 18.9 Å². The van der Waals surface area contributed by atoms with E-state index in [0.29, 0.717) is 0 Å². The third-order valence-corrected chi connectivity index (χ3v) is 2.99. The average Bonchev–Trinajstić information content (AvgIpc) is 2.71. The number of ether oxygens (including phenoxy) is 4. The van der Waals surface area contributed by atoms with E-state index in [1.807, 2.05) is 0 Å². The summed E-state index contributed by atoms with van der Waals surface area (Å²) < 4.78 is 21.6. The predicted molar refractivity (Wildman–Crippen MR) is 60.5 cm³/mol. The molecule has 4 atom stereocenters. The van der Waals surface area contributed by atoms with Gasteiger partial charge in [-0.1, -0.05) is 13.8 Å². The number of fused-ring (bicyclic) bond motifs is 1. The maximum atomic E-state index is 11.4. The van der Waals surface area contributed by atoms with Crippen molar-refractivity contribution in [2.75, 3.05) is 6.61 Å². The number of carbonyl (C=O) groups is 1. The predicted octanol–water partition coefficient (Wildman–Crippen LogP) is 0.423. The van der Waals surface area contributed by atoms with Crippen LogP contribution in [0.5, 0.6) is 0 Å². The van der Waals surface area contributed by atoms with Gasteiger partial charge in [-0.3, -0.25) is 4.79 Å². The highest BCUT2D eigenvalue weighted by atomic mass is 16.8. The molecule has 0 amide bonds. The van der Waals surface area contributed by atoms with Crippen molar-refractivity contribution in [2.24, 2.45) is 5.92 Å². The monoisotopic (exact) mass is 260 g/mol. The van der Waals surface area contributed by atoms with Crippen molar-refractivity contribution in [3.8, 4) is 0 Å². The molecule has 2 aliphatic heterocycles. The molecular weight excluding hydrogens is 240 g/mol. The van der Waals surface area contributed by atoms with Crippen molar-refractivity contribution < 1.29 is 28.8 Å². The summed E-state index contributed by atoms with van der Waals surface area (Å²) in [5.41, 5.74) is 0. The summed E-state index contributed by atoms with van der Waals surface area (Å²) in [6, 6.07) is 0. The molecule has 0 aromatic heterocycles. The minimum absolute atomic E-state index is 0.0642. The van der Waals surface area contributed by atoms with Crippen LogP contribution in [-0.2, 0) is 23.7 Å². The summed E-state index contributed by atoms with van der Waals surface area (Å²) in [7, 11) is 0. The fourth-order valence-electron chi connectivity index (χ4n) is 2.12. The minimum Gasteiger partial charge on any atom is -0.463 e. The Hall–Kier alpha value is -0.690. The Balaban J connectivity index is 1.93. The lowest BCUT2D eigenvalue weighted by molar-refractivity contribution is -0.225. The molecule has 0 saturated carbocycles. The van der Waals surface area contributed by atoms with Gasteiger partial charge in [-0.05, 0) is 13.8 Å². The van der Waals surface area contributed by atoms with Crippen LogP contribution in [0.15, 0.2) is 0 Å². The lowest BCUT2D eigenvalue weighted by atomic mass is 10.1. The van der Waals surface area contributed by atoms with Crippen LogP contribution in [-0.4, -0.2) is 48.1 Å². The number of carbonyl (C=O) groups excluding carboxylic acids is 1. The van der Waals surface area contributed by atoms with Gasteiger partial charge in [0.05, 0.1) is 5.92 Å². The molecule has 2 rings (SSSR count). The molecule has 0 aromatic carbocycles. The van der Waals surface area contributed by atoms with Crippen LogP contribution in [0, 0.1) is 5.92 Å². The van der Waals surface area contributed by atoms with Gasteiger partial charge in [0.15, 0.2) is 12.1 Å². The SMILES string of the molecule is CC(C)C(=O)OC[C@H]1O[C@@H](O)[C@@H]2OC(C)(C)O[C@H]21. The van der Waals surface area contributed by atoms with Crippen molar-refractivity contribution in [1.29, 1.82) is 0 Å². The van der Waals surface area contributed by atoms with E-state index in [9.17, 15) is 9.90 Å². The molecule has 0 unspecified atom stereocenters. The lowest BCUT2D eigenvalue weighted by Gasteiger charge is -2.22. The summed E-state index contributed by atoms with van der Waals surface area (Å²) in [6.07, 6.45) is -2.47. The Bertz CT molecular complexity index is 327. The van der Waals surface area contributed by atoms with E-state index in [-0.39, 0.29) is 18.5 Å². The van der Waals surface area contributed by atoms with Gasteiger partial charge in [0.25, 0.3) is 0 Å². The summed E-state index contributed by atoms with van der Waals surface area (Å²) >= 11 is 0. The first-order chi connectivity index (χ1) is 8.30. The maximum absolute atomic E-state index is 11.4. The number of aliphatic hydroxyl groups is 1. The molecule has 0 aromatic rings. The van der Waals surface area contributed by atoms with Crippen molar-refractivity contribution in [2.45, 2.75) is 58.1 Å². The second kappa shape index (κ2) is 4.77. The van der Waals surface area contributed by atoms with E-state index in [1.165, 1.54) is 0 Å². The summed E-state index contributed by atoms with van der Waals surface area (Å²) in [6.45, 7) is 7.13. The van der Waals surface area contributed by atoms with Crippen LogP contribution in [0.25, 0.3) is 0 Å². The molecule has 6 heteroatoms. The second-order valence-electron chi connectivity index (χ2n) is 5.41. The summed E-state index contributed by atoms with van der Waals surface area (Å²) in [5, 5.41) is 9.71. The van der Waals surface area contributed by atoms with Crippen LogP contribution < -0.4 is 0 Å². The van der Waals surface area contributed by atoms with Gasteiger partial charge in [-0.2, -0.15) is 0 Å². The summed E-state index contributed by atoms with van der Waals surface area (Å²) in [4.78, 5) is 11.4. The molecule has 6 nitrogen and oxygen atoms in total. The van der Waals surface area contributed by atoms with Gasteiger partial charge in [0, 0.05) is 0 Å². The first-order valence-corrected chi connectivity index (χ1v) is 6.16. The minimum atomic E-state index is -1.04. The van der Waals surface area contributed by atoms with Crippen LogP contribution in [0.1, 0.15) is 27.7 Å². The first kappa shape index (κ1) is 13.7. The number of rotatable bonds is 3. The molecule has 1 N–H and O–H groups in total. The standard InChI is InChI=1S/C12H20O6/c1-6(2)10(13)15-5-7-8-9(11(14)16-7)18-12(3,4)17-8/h6-9,11,14H,5H2,1-4H3/t7-,8+,9-,11-/m1/s1. The zero-order valence-corrected chi connectivity index (χ0v) is 11.1. The first-order valence-electron chi connectivity index (χ1n) is 6.16. The topological polar surface area (TPSA) is 74.2 Å². The van der Waals surface area contributed by atoms with Gasteiger partial charge in [-0.25, -0.2) is 0 Å². The van der Waals surface area contributed by atoms with E-state index in [1.54, 1.807) is 27.7 Å². The quantitative estimate of drug-likeness (QED) is 0.741. The van der Waals surface area contributed by atoms with Gasteiger partial charge in [0.1, 0.15) is 24.9 Å². The molecule has 0 aliphatic carbocycles. The van der Waals surface area contributed by atoms with Gasteiger partial charge in [0.2, 0.25) is 0 Å². The van der Waals surface area contributed by atoms with Crippen molar-refractivity contribution in [3.63, 3.8) is 0 Å². The maximum Gasteiger partial charge on any atom is 0.308 e. The average molecular weight is 260 g/mol. The molecular formula is C12H20O6.